The van der Waals surface area contributed by atoms with Crippen LogP contribution >= 0.6 is 11.6 Å². The van der Waals surface area contributed by atoms with Crippen molar-refractivity contribution in [2.24, 2.45) is 23.5 Å². The number of para-hydroxylation sites is 1. The third-order valence-electron chi connectivity index (χ3n) is 4.63. The SMILES string of the molecule is NC(c1cc2cccc(Cl)c2o1)C1CC2CC2C1. The van der Waals surface area contributed by atoms with Crippen LogP contribution in [0.4, 0.5) is 0 Å². The number of fused-ring (bicyclic) bond motifs is 2. The molecule has 2 nitrogen and oxygen atoms in total. The zero-order valence-electron chi connectivity index (χ0n) is 10.1. The molecule has 0 saturated heterocycles. The van der Waals surface area contributed by atoms with Crippen molar-refractivity contribution in [3.63, 3.8) is 0 Å². The summed E-state index contributed by atoms with van der Waals surface area (Å²) in [6.45, 7) is 0. The van der Waals surface area contributed by atoms with Crippen molar-refractivity contribution in [1.29, 1.82) is 0 Å². The summed E-state index contributed by atoms with van der Waals surface area (Å²) in [5.41, 5.74) is 7.13. The van der Waals surface area contributed by atoms with Gasteiger partial charge < -0.3 is 10.2 Å². The molecule has 3 atom stereocenters. The molecule has 0 spiro atoms. The first-order chi connectivity index (χ1) is 8.72. The molecule has 1 aromatic heterocycles. The molecule has 18 heavy (non-hydrogen) atoms. The Morgan fingerprint density at radius 3 is 2.72 bits per heavy atom. The predicted octanol–water partition coefficient (Wildman–Crippen LogP) is 4.13. The van der Waals surface area contributed by atoms with Gasteiger partial charge in [0.2, 0.25) is 0 Å². The summed E-state index contributed by atoms with van der Waals surface area (Å²) in [7, 11) is 0. The predicted molar refractivity (Wildman–Crippen MR) is 72.5 cm³/mol. The van der Waals surface area contributed by atoms with Gasteiger partial charge >= 0.3 is 0 Å². The van der Waals surface area contributed by atoms with Crippen LogP contribution in [0.1, 0.15) is 31.1 Å². The van der Waals surface area contributed by atoms with Crippen molar-refractivity contribution >= 4 is 22.6 Å². The number of benzene rings is 1. The number of halogens is 1. The summed E-state index contributed by atoms with van der Waals surface area (Å²) in [5.74, 6) is 3.39. The van der Waals surface area contributed by atoms with E-state index in [-0.39, 0.29) is 6.04 Å². The first-order valence-corrected chi connectivity index (χ1v) is 7.03. The summed E-state index contributed by atoms with van der Waals surface area (Å²) in [6, 6.07) is 7.90. The highest BCUT2D eigenvalue weighted by molar-refractivity contribution is 6.34. The Labute approximate surface area is 111 Å². The number of hydrogen-bond acceptors (Lipinski definition) is 2. The second-order valence-corrected chi connectivity index (χ2v) is 6.23. The molecule has 2 N–H and O–H groups in total. The van der Waals surface area contributed by atoms with E-state index in [1.54, 1.807) is 0 Å². The average molecular weight is 262 g/mol. The van der Waals surface area contributed by atoms with Crippen LogP contribution in [0.2, 0.25) is 5.02 Å². The van der Waals surface area contributed by atoms with Gasteiger partial charge in [-0.15, -0.1) is 0 Å². The molecule has 1 aromatic carbocycles. The fraction of sp³-hybridized carbons (Fsp3) is 0.467. The molecule has 0 bridgehead atoms. The molecule has 2 fully saturated rings. The largest absolute Gasteiger partial charge is 0.458 e. The molecule has 3 unspecified atom stereocenters. The Morgan fingerprint density at radius 2 is 2.00 bits per heavy atom. The molecule has 4 rings (SSSR count). The maximum atomic E-state index is 6.36. The summed E-state index contributed by atoms with van der Waals surface area (Å²) >= 11 is 6.13. The topological polar surface area (TPSA) is 39.2 Å². The summed E-state index contributed by atoms with van der Waals surface area (Å²) in [4.78, 5) is 0. The van der Waals surface area contributed by atoms with Crippen LogP contribution in [0.15, 0.2) is 28.7 Å². The molecule has 2 aliphatic rings. The number of furan rings is 1. The Bertz CT molecular complexity index is 596. The van der Waals surface area contributed by atoms with Gasteiger partial charge in [0.05, 0.1) is 11.1 Å². The molecule has 2 aliphatic carbocycles. The van der Waals surface area contributed by atoms with Gasteiger partial charge in [-0.1, -0.05) is 23.7 Å². The minimum absolute atomic E-state index is 0.0290. The first kappa shape index (κ1) is 10.9. The lowest BCUT2D eigenvalue weighted by Crippen LogP contribution is -2.19. The van der Waals surface area contributed by atoms with Crippen LogP contribution in [0.25, 0.3) is 11.0 Å². The van der Waals surface area contributed by atoms with E-state index in [1.165, 1.54) is 19.3 Å². The van der Waals surface area contributed by atoms with Crippen LogP contribution in [-0.2, 0) is 0 Å². The van der Waals surface area contributed by atoms with E-state index in [0.29, 0.717) is 10.9 Å². The lowest BCUT2D eigenvalue weighted by molar-refractivity contribution is 0.355. The van der Waals surface area contributed by atoms with Gasteiger partial charge in [0, 0.05) is 5.39 Å². The van der Waals surface area contributed by atoms with Crippen LogP contribution in [-0.4, -0.2) is 0 Å². The quantitative estimate of drug-likeness (QED) is 0.883. The molecule has 2 aromatic rings. The standard InChI is InChI=1S/C15H16ClNO/c16-12-3-1-2-8-7-13(18-15(8)12)14(17)11-5-9-4-10(9)6-11/h1-3,7,9-11,14H,4-6,17H2. The third-order valence-corrected chi connectivity index (χ3v) is 4.93. The highest BCUT2D eigenvalue weighted by atomic mass is 35.5. The fourth-order valence-corrected chi connectivity index (χ4v) is 3.72. The van der Waals surface area contributed by atoms with E-state index in [4.69, 9.17) is 21.8 Å². The molecular formula is C15H16ClNO. The monoisotopic (exact) mass is 261 g/mol. The molecule has 2 saturated carbocycles. The highest BCUT2D eigenvalue weighted by Gasteiger charge is 2.47. The number of rotatable bonds is 2. The van der Waals surface area contributed by atoms with Crippen LogP contribution in [0.3, 0.4) is 0 Å². The van der Waals surface area contributed by atoms with E-state index in [2.05, 4.69) is 6.07 Å². The Kier molecular flexibility index (Phi) is 2.27. The molecule has 0 radical (unpaired) electrons. The van der Waals surface area contributed by atoms with Gasteiger partial charge in [-0.05, 0) is 49.1 Å². The number of hydrogen-bond donors (Lipinski definition) is 1. The normalized spacial score (nSPS) is 31.6. The van der Waals surface area contributed by atoms with Gasteiger partial charge in [0.15, 0.2) is 5.58 Å². The van der Waals surface area contributed by atoms with E-state index in [0.717, 1.165) is 28.6 Å². The minimum atomic E-state index is 0.0290. The molecule has 0 aliphatic heterocycles. The second-order valence-electron chi connectivity index (χ2n) is 5.82. The lowest BCUT2D eigenvalue weighted by Gasteiger charge is -2.18. The molecular weight excluding hydrogens is 246 g/mol. The summed E-state index contributed by atoms with van der Waals surface area (Å²) < 4.78 is 5.87. The van der Waals surface area contributed by atoms with Gasteiger partial charge in [0.25, 0.3) is 0 Å². The number of nitrogens with two attached hydrogens (primary N) is 1. The van der Waals surface area contributed by atoms with Gasteiger partial charge in [-0.3, -0.25) is 0 Å². The van der Waals surface area contributed by atoms with E-state index >= 15 is 0 Å². The van der Waals surface area contributed by atoms with Crippen LogP contribution in [0, 0.1) is 17.8 Å². The zero-order chi connectivity index (χ0) is 12.3. The van der Waals surface area contributed by atoms with Gasteiger partial charge in [-0.25, -0.2) is 0 Å². The van der Waals surface area contributed by atoms with E-state index in [9.17, 15) is 0 Å². The van der Waals surface area contributed by atoms with Crippen molar-refractivity contribution in [2.75, 3.05) is 0 Å². The van der Waals surface area contributed by atoms with Crippen molar-refractivity contribution < 1.29 is 4.42 Å². The third kappa shape index (κ3) is 1.59. The first-order valence-electron chi connectivity index (χ1n) is 6.66. The van der Waals surface area contributed by atoms with Crippen LogP contribution < -0.4 is 5.73 Å². The lowest BCUT2D eigenvalue weighted by atomic mass is 9.93. The molecule has 0 amide bonds. The fourth-order valence-electron chi connectivity index (χ4n) is 3.50. The van der Waals surface area contributed by atoms with E-state index < -0.39 is 0 Å². The maximum Gasteiger partial charge on any atom is 0.152 e. The Balaban J connectivity index is 1.67. The van der Waals surface area contributed by atoms with Gasteiger partial charge in [-0.2, -0.15) is 0 Å². The second kappa shape index (κ2) is 3.75. The van der Waals surface area contributed by atoms with Crippen LogP contribution in [0.5, 0.6) is 0 Å². The Hall–Kier alpha value is -0.990. The van der Waals surface area contributed by atoms with E-state index in [1.807, 2.05) is 18.2 Å². The maximum absolute atomic E-state index is 6.36. The van der Waals surface area contributed by atoms with Crippen molar-refractivity contribution in [3.05, 3.63) is 35.0 Å². The van der Waals surface area contributed by atoms with Crippen molar-refractivity contribution in [2.45, 2.75) is 25.3 Å². The molecule has 3 heteroatoms. The Morgan fingerprint density at radius 1 is 1.22 bits per heavy atom. The van der Waals surface area contributed by atoms with Crippen molar-refractivity contribution in [3.8, 4) is 0 Å². The van der Waals surface area contributed by atoms with Gasteiger partial charge in [0.1, 0.15) is 5.76 Å². The zero-order valence-corrected chi connectivity index (χ0v) is 10.9. The molecule has 94 valence electrons. The average Bonchev–Trinajstić information content (AvgIpc) is 2.80. The smallest absolute Gasteiger partial charge is 0.152 e. The summed E-state index contributed by atoms with van der Waals surface area (Å²) in [5, 5.41) is 1.72. The van der Waals surface area contributed by atoms with Crippen molar-refractivity contribution in [1.82, 2.24) is 0 Å². The highest BCUT2D eigenvalue weighted by Crippen LogP contribution is 2.56. The summed E-state index contributed by atoms with van der Waals surface area (Å²) in [6.07, 6.45) is 3.97. The molecule has 1 heterocycles. The minimum Gasteiger partial charge on any atom is -0.458 e.